The molecular formula is C12H7BrClNO. The molecule has 0 N–H and O–H groups in total. The van der Waals surface area contributed by atoms with Crippen LogP contribution in [0.5, 0.6) is 0 Å². The molecule has 16 heavy (non-hydrogen) atoms. The van der Waals surface area contributed by atoms with E-state index >= 15 is 0 Å². The van der Waals surface area contributed by atoms with E-state index in [-0.39, 0.29) is 0 Å². The van der Waals surface area contributed by atoms with Gasteiger partial charge in [0.25, 0.3) is 0 Å². The summed E-state index contributed by atoms with van der Waals surface area (Å²) in [6.45, 7) is 0. The molecule has 1 aromatic heterocycles. The number of pyridine rings is 1. The molecule has 0 spiro atoms. The van der Waals surface area contributed by atoms with Crippen LogP contribution in [0.2, 0.25) is 5.02 Å². The predicted octanol–water partition coefficient (Wildman–Crippen LogP) is 3.98. The topological polar surface area (TPSA) is 30.0 Å². The van der Waals surface area contributed by atoms with Gasteiger partial charge in [0.1, 0.15) is 5.69 Å². The van der Waals surface area contributed by atoms with Crippen LogP contribution in [0.25, 0.3) is 11.1 Å². The molecule has 0 fully saturated rings. The van der Waals surface area contributed by atoms with Gasteiger partial charge < -0.3 is 0 Å². The van der Waals surface area contributed by atoms with E-state index < -0.39 is 0 Å². The van der Waals surface area contributed by atoms with Gasteiger partial charge in [-0.2, -0.15) is 0 Å². The van der Waals surface area contributed by atoms with Gasteiger partial charge in [0.15, 0.2) is 6.29 Å². The molecule has 0 bridgehead atoms. The average molecular weight is 297 g/mol. The zero-order valence-corrected chi connectivity index (χ0v) is 10.5. The quantitative estimate of drug-likeness (QED) is 0.785. The van der Waals surface area contributed by atoms with Crippen molar-refractivity contribution in [1.29, 1.82) is 0 Å². The first-order valence-corrected chi connectivity index (χ1v) is 5.75. The highest BCUT2D eigenvalue weighted by Crippen LogP contribution is 2.32. The predicted molar refractivity (Wildman–Crippen MR) is 67.8 cm³/mol. The maximum absolute atomic E-state index is 10.7. The molecule has 0 aliphatic carbocycles. The lowest BCUT2D eigenvalue weighted by atomic mass is 10.1. The zero-order valence-electron chi connectivity index (χ0n) is 8.15. The van der Waals surface area contributed by atoms with Crippen LogP contribution < -0.4 is 0 Å². The molecule has 0 aliphatic rings. The SMILES string of the molecule is O=Cc1cc(-c2ccccc2Cl)c(Br)cn1. The number of hydrogen-bond acceptors (Lipinski definition) is 2. The van der Waals surface area contributed by atoms with Gasteiger partial charge in [0.2, 0.25) is 0 Å². The second-order valence-electron chi connectivity index (χ2n) is 3.19. The Morgan fingerprint density at radius 3 is 2.69 bits per heavy atom. The number of nitrogens with zero attached hydrogens (tertiary/aromatic N) is 1. The summed E-state index contributed by atoms with van der Waals surface area (Å²) in [6, 6.07) is 9.18. The van der Waals surface area contributed by atoms with Crippen LogP contribution in [0.3, 0.4) is 0 Å². The number of hydrogen-bond donors (Lipinski definition) is 0. The van der Waals surface area contributed by atoms with Gasteiger partial charge in [-0.25, -0.2) is 0 Å². The van der Waals surface area contributed by atoms with Crippen molar-refractivity contribution >= 4 is 33.8 Å². The Balaban J connectivity index is 2.63. The fraction of sp³-hybridized carbons (Fsp3) is 0. The number of carbonyl (C=O) groups excluding carboxylic acids is 1. The molecule has 2 nitrogen and oxygen atoms in total. The van der Waals surface area contributed by atoms with Crippen molar-refractivity contribution in [2.75, 3.05) is 0 Å². The summed E-state index contributed by atoms with van der Waals surface area (Å²) >= 11 is 9.49. The summed E-state index contributed by atoms with van der Waals surface area (Å²) < 4.78 is 0.811. The second-order valence-corrected chi connectivity index (χ2v) is 4.45. The summed E-state index contributed by atoms with van der Waals surface area (Å²) in [5, 5.41) is 0.645. The minimum atomic E-state index is 0.387. The lowest BCUT2D eigenvalue weighted by molar-refractivity contribution is 0.111. The van der Waals surface area contributed by atoms with E-state index in [0.29, 0.717) is 17.0 Å². The third kappa shape index (κ3) is 2.15. The van der Waals surface area contributed by atoms with Gasteiger partial charge in [0.05, 0.1) is 0 Å². The Hall–Kier alpha value is -1.19. The Morgan fingerprint density at radius 1 is 1.25 bits per heavy atom. The van der Waals surface area contributed by atoms with Crippen molar-refractivity contribution in [3.05, 3.63) is 51.7 Å². The third-order valence-electron chi connectivity index (χ3n) is 2.16. The van der Waals surface area contributed by atoms with Crippen molar-refractivity contribution in [3.63, 3.8) is 0 Å². The Labute approximate surface area is 106 Å². The highest BCUT2D eigenvalue weighted by atomic mass is 79.9. The van der Waals surface area contributed by atoms with Crippen molar-refractivity contribution in [2.45, 2.75) is 0 Å². The first-order chi connectivity index (χ1) is 7.72. The number of aldehydes is 1. The molecular weight excluding hydrogens is 289 g/mol. The van der Waals surface area contributed by atoms with Crippen LogP contribution in [-0.2, 0) is 0 Å². The maximum Gasteiger partial charge on any atom is 0.168 e. The molecule has 0 unspecified atom stereocenters. The number of aromatic nitrogens is 1. The molecule has 0 saturated heterocycles. The number of benzene rings is 1. The summed E-state index contributed by atoms with van der Waals surface area (Å²) in [5.41, 5.74) is 2.13. The van der Waals surface area contributed by atoms with Crippen molar-refractivity contribution in [3.8, 4) is 11.1 Å². The minimum absolute atomic E-state index is 0.387. The lowest BCUT2D eigenvalue weighted by Gasteiger charge is -2.06. The van der Waals surface area contributed by atoms with Crippen molar-refractivity contribution < 1.29 is 4.79 Å². The highest BCUT2D eigenvalue weighted by Gasteiger charge is 2.08. The summed E-state index contributed by atoms with van der Waals surface area (Å²) in [4.78, 5) is 14.6. The molecule has 0 aliphatic heterocycles. The van der Waals surface area contributed by atoms with Crippen LogP contribution in [0.1, 0.15) is 10.5 Å². The Morgan fingerprint density at radius 2 is 2.00 bits per heavy atom. The molecule has 2 rings (SSSR count). The van der Waals surface area contributed by atoms with E-state index in [1.807, 2.05) is 24.3 Å². The highest BCUT2D eigenvalue weighted by molar-refractivity contribution is 9.10. The minimum Gasteiger partial charge on any atom is -0.296 e. The molecule has 0 saturated carbocycles. The summed E-state index contributed by atoms with van der Waals surface area (Å²) in [5.74, 6) is 0. The monoisotopic (exact) mass is 295 g/mol. The fourth-order valence-electron chi connectivity index (χ4n) is 1.41. The van der Waals surface area contributed by atoms with E-state index in [1.165, 1.54) is 0 Å². The van der Waals surface area contributed by atoms with Crippen molar-refractivity contribution in [1.82, 2.24) is 4.98 Å². The second kappa shape index (κ2) is 4.76. The molecule has 80 valence electrons. The van der Waals surface area contributed by atoms with E-state index in [1.54, 1.807) is 12.3 Å². The first-order valence-electron chi connectivity index (χ1n) is 4.58. The van der Waals surface area contributed by atoms with Crippen LogP contribution in [-0.4, -0.2) is 11.3 Å². The Bertz CT molecular complexity index is 542. The normalized spacial score (nSPS) is 10.1. The van der Waals surface area contributed by atoms with E-state index in [9.17, 15) is 4.79 Å². The smallest absolute Gasteiger partial charge is 0.168 e. The van der Waals surface area contributed by atoms with E-state index in [4.69, 9.17) is 11.6 Å². The molecule has 0 amide bonds. The van der Waals surface area contributed by atoms with E-state index in [0.717, 1.165) is 15.6 Å². The van der Waals surface area contributed by atoms with Gasteiger partial charge in [-0.15, -0.1) is 0 Å². The van der Waals surface area contributed by atoms with Gasteiger partial charge in [-0.1, -0.05) is 29.8 Å². The number of carbonyl (C=O) groups is 1. The van der Waals surface area contributed by atoms with Crippen LogP contribution in [0, 0.1) is 0 Å². The maximum atomic E-state index is 10.7. The average Bonchev–Trinajstić information content (AvgIpc) is 2.31. The van der Waals surface area contributed by atoms with Gasteiger partial charge in [-0.3, -0.25) is 9.78 Å². The standard InChI is InChI=1S/C12H7BrClNO/c13-11-6-15-8(7-16)5-10(11)9-3-1-2-4-12(9)14/h1-7H. The zero-order chi connectivity index (χ0) is 11.5. The van der Waals surface area contributed by atoms with Crippen LogP contribution >= 0.6 is 27.5 Å². The molecule has 4 heteroatoms. The summed E-state index contributed by atoms with van der Waals surface area (Å²) in [6.07, 6.45) is 2.31. The third-order valence-corrected chi connectivity index (χ3v) is 3.12. The lowest BCUT2D eigenvalue weighted by Crippen LogP contribution is -1.89. The first kappa shape index (κ1) is 11.3. The number of halogens is 2. The van der Waals surface area contributed by atoms with Crippen LogP contribution in [0.15, 0.2) is 41.0 Å². The molecule has 1 aromatic carbocycles. The molecule has 1 heterocycles. The van der Waals surface area contributed by atoms with Gasteiger partial charge in [0, 0.05) is 26.8 Å². The Kier molecular flexibility index (Phi) is 3.36. The largest absolute Gasteiger partial charge is 0.296 e. The van der Waals surface area contributed by atoms with Crippen molar-refractivity contribution in [2.24, 2.45) is 0 Å². The van der Waals surface area contributed by atoms with Gasteiger partial charge >= 0.3 is 0 Å². The molecule has 0 atom stereocenters. The summed E-state index contributed by atoms with van der Waals surface area (Å²) in [7, 11) is 0. The number of rotatable bonds is 2. The van der Waals surface area contributed by atoms with Crippen LogP contribution in [0.4, 0.5) is 0 Å². The van der Waals surface area contributed by atoms with Gasteiger partial charge in [-0.05, 0) is 28.1 Å². The molecule has 2 aromatic rings. The van der Waals surface area contributed by atoms with E-state index in [2.05, 4.69) is 20.9 Å². The fourth-order valence-corrected chi connectivity index (χ4v) is 2.07. The molecule has 0 radical (unpaired) electrons.